The van der Waals surface area contributed by atoms with Crippen molar-refractivity contribution in [2.75, 3.05) is 12.0 Å². The highest BCUT2D eigenvalue weighted by Crippen LogP contribution is 2.32. The van der Waals surface area contributed by atoms with Crippen molar-refractivity contribution in [1.29, 1.82) is 0 Å². The van der Waals surface area contributed by atoms with E-state index < -0.39 is 0 Å². The van der Waals surface area contributed by atoms with Crippen molar-refractivity contribution >= 4 is 17.6 Å². The molecule has 0 radical (unpaired) electrons. The van der Waals surface area contributed by atoms with Crippen molar-refractivity contribution in [1.82, 2.24) is 0 Å². The maximum absolute atomic E-state index is 12.3. The molecule has 2 aromatic rings. The van der Waals surface area contributed by atoms with Gasteiger partial charge in [0.25, 0.3) is 0 Å². The van der Waals surface area contributed by atoms with Crippen LogP contribution in [0.4, 0.5) is 5.69 Å². The lowest BCUT2D eigenvalue weighted by atomic mass is 9.92. The first kappa shape index (κ1) is 17.2. The van der Waals surface area contributed by atoms with Gasteiger partial charge in [-0.15, -0.1) is 0 Å². The minimum absolute atomic E-state index is 0.130. The average Bonchev–Trinajstić information content (AvgIpc) is 3.03. The van der Waals surface area contributed by atoms with E-state index in [4.69, 9.17) is 4.74 Å². The van der Waals surface area contributed by atoms with Crippen LogP contribution in [-0.2, 0) is 14.3 Å². The van der Waals surface area contributed by atoms with Crippen LogP contribution in [0.2, 0.25) is 0 Å². The molecule has 4 nitrogen and oxygen atoms in total. The molecular weight excluding hydrogens is 314 g/mol. The van der Waals surface area contributed by atoms with Gasteiger partial charge in [0.1, 0.15) is 0 Å². The Balaban J connectivity index is 1.74. The van der Waals surface area contributed by atoms with E-state index in [-0.39, 0.29) is 23.8 Å². The van der Waals surface area contributed by atoms with Gasteiger partial charge in [-0.05, 0) is 37.0 Å². The maximum atomic E-state index is 12.3. The normalized spacial score (nSPS) is 18.2. The predicted octanol–water partition coefficient (Wildman–Crippen LogP) is 3.92. The summed E-state index contributed by atoms with van der Waals surface area (Å²) in [6, 6.07) is 19.6. The molecular formula is C21H23NO3. The summed E-state index contributed by atoms with van der Waals surface area (Å²) < 4.78 is 5.00. The third kappa shape index (κ3) is 3.90. The van der Waals surface area contributed by atoms with E-state index in [2.05, 4.69) is 0 Å². The second-order valence-electron chi connectivity index (χ2n) is 6.36. The Morgan fingerprint density at radius 1 is 1.12 bits per heavy atom. The average molecular weight is 337 g/mol. The third-order valence-electron chi connectivity index (χ3n) is 4.84. The topological polar surface area (TPSA) is 46.6 Å². The van der Waals surface area contributed by atoms with Crippen LogP contribution in [0.15, 0.2) is 60.7 Å². The van der Waals surface area contributed by atoms with E-state index >= 15 is 0 Å². The first-order valence-electron chi connectivity index (χ1n) is 8.70. The summed E-state index contributed by atoms with van der Waals surface area (Å²) in [5.74, 6) is -0.355. The first-order chi connectivity index (χ1) is 12.2. The molecule has 1 amide bonds. The van der Waals surface area contributed by atoms with E-state index in [0.29, 0.717) is 12.8 Å². The van der Waals surface area contributed by atoms with E-state index in [0.717, 1.165) is 24.1 Å². The van der Waals surface area contributed by atoms with Gasteiger partial charge >= 0.3 is 5.97 Å². The number of carbonyl (C=O) groups excluding carboxylic acids is 2. The molecule has 0 spiro atoms. The summed E-state index contributed by atoms with van der Waals surface area (Å²) in [6.45, 7) is 0. The van der Waals surface area contributed by atoms with Crippen LogP contribution < -0.4 is 4.90 Å². The third-order valence-corrected chi connectivity index (χ3v) is 4.84. The van der Waals surface area contributed by atoms with E-state index in [1.807, 2.05) is 65.6 Å². The molecule has 0 bridgehead atoms. The lowest BCUT2D eigenvalue weighted by Crippen LogP contribution is -2.33. The molecule has 2 aromatic carbocycles. The molecule has 0 aliphatic carbocycles. The highest BCUT2D eigenvalue weighted by molar-refractivity contribution is 5.96. The van der Waals surface area contributed by atoms with Crippen molar-refractivity contribution in [3.05, 3.63) is 66.2 Å². The number of methoxy groups -OCH3 is 1. The summed E-state index contributed by atoms with van der Waals surface area (Å²) >= 11 is 0. The van der Waals surface area contributed by atoms with Crippen LogP contribution in [0.3, 0.4) is 0 Å². The largest absolute Gasteiger partial charge is 0.469 e. The van der Waals surface area contributed by atoms with Gasteiger partial charge < -0.3 is 9.64 Å². The van der Waals surface area contributed by atoms with E-state index in [1.165, 1.54) is 7.11 Å². The van der Waals surface area contributed by atoms with Gasteiger partial charge in [-0.25, -0.2) is 0 Å². The molecule has 1 heterocycles. The number of amides is 1. The number of benzene rings is 2. The number of esters is 1. The second kappa shape index (κ2) is 7.97. The summed E-state index contributed by atoms with van der Waals surface area (Å²) in [5, 5.41) is 0. The Morgan fingerprint density at radius 2 is 1.76 bits per heavy atom. The van der Waals surface area contributed by atoms with Gasteiger partial charge in [0.15, 0.2) is 0 Å². The monoisotopic (exact) mass is 337 g/mol. The maximum Gasteiger partial charge on any atom is 0.313 e. The Kier molecular flexibility index (Phi) is 5.49. The fraction of sp³-hybridized carbons (Fsp3) is 0.333. The van der Waals surface area contributed by atoms with E-state index in [9.17, 15) is 9.59 Å². The summed E-state index contributed by atoms with van der Waals surface area (Å²) in [6.07, 6.45) is 2.83. The second-order valence-corrected chi connectivity index (χ2v) is 6.36. The zero-order valence-electron chi connectivity index (χ0n) is 14.4. The standard InChI is InChI=1S/C21H23NO3/c1-25-21(24)19(16-8-4-2-5-9-16)14-12-18-13-15-20(23)22(18)17-10-6-3-7-11-17/h2-11,18-19H,12-15H2,1H3/t18-,19?/m0/s1. The molecule has 1 aliphatic heterocycles. The van der Waals surface area contributed by atoms with Crippen molar-refractivity contribution in [2.24, 2.45) is 0 Å². The molecule has 0 aromatic heterocycles. The first-order valence-corrected chi connectivity index (χ1v) is 8.70. The number of nitrogens with zero attached hydrogens (tertiary/aromatic N) is 1. The summed E-state index contributed by atoms with van der Waals surface area (Å²) in [4.78, 5) is 26.4. The van der Waals surface area contributed by atoms with Crippen molar-refractivity contribution < 1.29 is 14.3 Å². The highest BCUT2D eigenvalue weighted by atomic mass is 16.5. The number of rotatable bonds is 6. The Labute approximate surface area is 148 Å². The molecule has 0 saturated carbocycles. The zero-order chi connectivity index (χ0) is 17.6. The number of anilines is 1. The molecule has 130 valence electrons. The molecule has 1 aliphatic rings. The van der Waals surface area contributed by atoms with Gasteiger partial charge in [0, 0.05) is 18.2 Å². The summed E-state index contributed by atoms with van der Waals surface area (Å²) in [7, 11) is 1.42. The van der Waals surface area contributed by atoms with Crippen LogP contribution in [0.25, 0.3) is 0 Å². The van der Waals surface area contributed by atoms with Crippen molar-refractivity contribution in [3.63, 3.8) is 0 Å². The van der Waals surface area contributed by atoms with Crippen LogP contribution >= 0.6 is 0 Å². The smallest absolute Gasteiger partial charge is 0.313 e. The minimum atomic E-state index is -0.292. The highest BCUT2D eigenvalue weighted by Gasteiger charge is 2.33. The fourth-order valence-electron chi connectivity index (χ4n) is 3.57. The number of hydrogen-bond donors (Lipinski definition) is 0. The van der Waals surface area contributed by atoms with Gasteiger partial charge in [0.2, 0.25) is 5.91 Å². The SMILES string of the molecule is COC(=O)C(CC[C@H]1CCC(=O)N1c1ccccc1)c1ccccc1. The molecule has 3 rings (SSSR count). The number of para-hydroxylation sites is 1. The zero-order valence-corrected chi connectivity index (χ0v) is 14.4. The number of ether oxygens (including phenoxy) is 1. The Bertz CT molecular complexity index is 714. The molecule has 0 N–H and O–H groups in total. The van der Waals surface area contributed by atoms with Crippen LogP contribution in [0.5, 0.6) is 0 Å². The summed E-state index contributed by atoms with van der Waals surface area (Å²) in [5.41, 5.74) is 1.90. The van der Waals surface area contributed by atoms with Gasteiger partial charge in [-0.1, -0.05) is 48.5 Å². The van der Waals surface area contributed by atoms with Crippen molar-refractivity contribution in [2.45, 2.75) is 37.6 Å². The molecule has 2 atom stereocenters. The molecule has 1 unspecified atom stereocenters. The van der Waals surface area contributed by atoms with Crippen molar-refractivity contribution in [3.8, 4) is 0 Å². The Hall–Kier alpha value is -2.62. The molecule has 1 saturated heterocycles. The number of hydrogen-bond acceptors (Lipinski definition) is 3. The van der Waals surface area contributed by atoms with Gasteiger partial charge in [-0.3, -0.25) is 9.59 Å². The lowest BCUT2D eigenvalue weighted by molar-refractivity contribution is -0.142. The van der Waals surface area contributed by atoms with Gasteiger partial charge in [0.05, 0.1) is 13.0 Å². The molecule has 1 fully saturated rings. The van der Waals surface area contributed by atoms with Gasteiger partial charge in [-0.2, -0.15) is 0 Å². The Morgan fingerprint density at radius 3 is 2.40 bits per heavy atom. The van der Waals surface area contributed by atoms with Crippen LogP contribution in [0.1, 0.15) is 37.2 Å². The van der Waals surface area contributed by atoms with Crippen LogP contribution in [-0.4, -0.2) is 25.0 Å². The van der Waals surface area contributed by atoms with E-state index in [1.54, 1.807) is 0 Å². The fourth-order valence-corrected chi connectivity index (χ4v) is 3.57. The lowest BCUT2D eigenvalue weighted by Gasteiger charge is -2.26. The quantitative estimate of drug-likeness (QED) is 0.751. The molecule has 4 heteroatoms. The molecule has 25 heavy (non-hydrogen) atoms. The predicted molar refractivity (Wildman–Crippen MR) is 97.4 cm³/mol. The minimum Gasteiger partial charge on any atom is -0.469 e. The number of carbonyl (C=O) groups is 2. The van der Waals surface area contributed by atoms with Crippen LogP contribution in [0, 0.1) is 0 Å².